The van der Waals surface area contributed by atoms with Crippen molar-refractivity contribution >= 4 is 35.2 Å². The number of hydrogen-bond acceptors (Lipinski definition) is 5. The van der Waals surface area contributed by atoms with Gasteiger partial charge < -0.3 is 20.3 Å². The first-order chi connectivity index (χ1) is 13.0. The fourth-order valence-corrected chi connectivity index (χ4v) is 3.31. The fraction of sp³-hybridized carbons (Fsp3) is 0.389. The summed E-state index contributed by atoms with van der Waals surface area (Å²) in [6, 6.07) is 7.32. The van der Waals surface area contributed by atoms with Crippen molar-refractivity contribution in [1.82, 2.24) is 20.2 Å². The summed E-state index contributed by atoms with van der Waals surface area (Å²) in [7, 11) is 0. The number of carbonyl (C=O) groups excluding carboxylic acids is 2. The van der Waals surface area contributed by atoms with E-state index >= 15 is 0 Å². The van der Waals surface area contributed by atoms with E-state index < -0.39 is 0 Å². The smallest absolute Gasteiger partial charge is 0.240 e. The molecule has 0 aliphatic heterocycles. The molecule has 0 aliphatic carbocycles. The van der Waals surface area contributed by atoms with Crippen LogP contribution in [0.2, 0.25) is 5.02 Å². The van der Waals surface area contributed by atoms with Crippen LogP contribution in [0.4, 0.5) is 0 Å². The molecule has 0 unspecified atom stereocenters. The Morgan fingerprint density at radius 2 is 2.04 bits per heavy atom. The number of benzene rings is 1. The maximum absolute atomic E-state index is 12.1. The summed E-state index contributed by atoms with van der Waals surface area (Å²) < 4.78 is 1.62. The molecule has 27 heavy (non-hydrogen) atoms. The second-order valence-corrected chi connectivity index (χ2v) is 7.13. The summed E-state index contributed by atoms with van der Waals surface area (Å²) in [6.07, 6.45) is 2.35. The highest BCUT2D eigenvalue weighted by atomic mass is 35.5. The largest absolute Gasteiger partial charge is 0.390 e. The molecule has 1 aromatic carbocycles. The van der Waals surface area contributed by atoms with Crippen molar-refractivity contribution in [1.29, 1.82) is 0 Å². The number of nitrogens with zero attached hydrogens (tertiary/aromatic N) is 2. The summed E-state index contributed by atoms with van der Waals surface area (Å²) in [5, 5.41) is 16.2. The van der Waals surface area contributed by atoms with Crippen molar-refractivity contribution in [3.63, 3.8) is 0 Å². The van der Waals surface area contributed by atoms with Gasteiger partial charge in [0.15, 0.2) is 5.16 Å². The number of aromatic nitrogens is 2. The van der Waals surface area contributed by atoms with Crippen molar-refractivity contribution in [2.24, 2.45) is 0 Å². The van der Waals surface area contributed by atoms with Crippen LogP contribution < -0.4 is 10.6 Å². The van der Waals surface area contributed by atoms with Crippen molar-refractivity contribution in [2.75, 3.05) is 12.3 Å². The number of rotatable bonds is 10. The Kier molecular flexibility index (Phi) is 8.63. The first-order valence-electron chi connectivity index (χ1n) is 8.60. The molecule has 3 N–H and O–H groups in total. The number of halogens is 1. The standard InChI is InChI=1S/C18H23ClN4O3S/c1-2-7-20-16(25)10-23-14(11-24)9-22-18(23)27-12-17(26)21-8-13-5-3-4-6-15(13)19/h3-6,9,24H,2,7-8,10-12H2,1H3,(H,20,25)(H,21,26). The molecule has 0 spiro atoms. The van der Waals surface area contributed by atoms with Gasteiger partial charge in [-0.3, -0.25) is 9.59 Å². The van der Waals surface area contributed by atoms with Crippen LogP contribution >= 0.6 is 23.4 Å². The minimum atomic E-state index is -0.229. The number of hydrogen-bond donors (Lipinski definition) is 3. The lowest BCUT2D eigenvalue weighted by Crippen LogP contribution is -2.29. The Morgan fingerprint density at radius 3 is 2.74 bits per heavy atom. The molecule has 146 valence electrons. The molecular weight excluding hydrogens is 388 g/mol. The van der Waals surface area contributed by atoms with Crippen molar-refractivity contribution in [2.45, 2.75) is 38.2 Å². The molecular formula is C18H23ClN4O3S. The van der Waals surface area contributed by atoms with Gasteiger partial charge in [-0.25, -0.2) is 4.98 Å². The zero-order chi connectivity index (χ0) is 19.6. The number of aliphatic hydroxyl groups is 1. The van der Waals surface area contributed by atoms with Gasteiger partial charge in [-0.2, -0.15) is 0 Å². The monoisotopic (exact) mass is 410 g/mol. The van der Waals surface area contributed by atoms with E-state index in [4.69, 9.17) is 11.6 Å². The summed E-state index contributed by atoms with van der Waals surface area (Å²) >= 11 is 7.29. The van der Waals surface area contributed by atoms with E-state index in [1.165, 1.54) is 18.0 Å². The molecule has 0 aliphatic rings. The van der Waals surface area contributed by atoms with Crippen molar-refractivity contribution in [3.05, 3.63) is 46.7 Å². The van der Waals surface area contributed by atoms with Gasteiger partial charge in [-0.15, -0.1) is 0 Å². The normalized spacial score (nSPS) is 10.6. The molecule has 0 atom stereocenters. The summed E-state index contributed by atoms with van der Waals surface area (Å²) in [6.45, 7) is 2.73. The van der Waals surface area contributed by atoms with E-state index in [0.717, 1.165) is 12.0 Å². The Balaban J connectivity index is 1.91. The van der Waals surface area contributed by atoms with Crippen LogP contribution in [0.3, 0.4) is 0 Å². The van der Waals surface area contributed by atoms with Crippen LogP contribution in [-0.2, 0) is 29.3 Å². The quantitative estimate of drug-likeness (QED) is 0.520. The Morgan fingerprint density at radius 1 is 1.26 bits per heavy atom. The number of nitrogens with one attached hydrogen (secondary N) is 2. The van der Waals surface area contributed by atoms with E-state index in [2.05, 4.69) is 15.6 Å². The Bertz CT molecular complexity index is 782. The molecule has 0 saturated carbocycles. The summed E-state index contributed by atoms with van der Waals surface area (Å²) in [5.41, 5.74) is 1.37. The van der Waals surface area contributed by atoms with Gasteiger partial charge in [0.1, 0.15) is 6.54 Å². The van der Waals surface area contributed by atoms with Crippen LogP contribution in [0, 0.1) is 0 Å². The third-order valence-electron chi connectivity index (χ3n) is 3.70. The van der Waals surface area contributed by atoms with Crippen LogP contribution in [0.5, 0.6) is 0 Å². The van der Waals surface area contributed by atoms with Gasteiger partial charge >= 0.3 is 0 Å². The molecule has 0 saturated heterocycles. The van der Waals surface area contributed by atoms with Gasteiger partial charge in [0.05, 0.1) is 24.3 Å². The molecule has 2 amide bonds. The molecule has 7 nitrogen and oxygen atoms in total. The average Bonchev–Trinajstić information content (AvgIpc) is 3.05. The number of thioether (sulfide) groups is 1. The lowest BCUT2D eigenvalue weighted by atomic mass is 10.2. The number of aliphatic hydroxyl groups excluding tert-OH is 1. The van der Waals surface area contributed by atoms with Gasteiger partial charge in [0.25, 0.3) is 0 Å². The van der Waals surface area contributed by atoms with Crippen LogP contribution in [-0.4, -0.2) is 38.8 Å². The van der Waals surface area contributed by atoms with E-state index in [9.17, 15) is 14.7 Å². The number of amides is 2. The number of imidazole rings is 1. The topological polar surface area (TPSA) is 96.2 Å². The van der Waals surface area contributed by atoms with Crippen molar-refractivity contribution < 1.29 is 14.7 Å². The minimum absolute atomic E-state index is 0.0550. The molecule has 9 heteroatoms. The highest BCUT2D eigenvalue weighted by molar-refractivity contribution is 7.99. The fourth-order valence-electron chi connectivity index (χ4n) is 2.28. The SMILES string of the molecule is CCCNC(=O)Cn1c(CO)cnc1SCC(=O)NCc1ccccc1Cl. The van der Waals surface area contributed by atoms with Crippen LogP contribution in [0.15, 0.2) is 35.6 Å². The van der Waals surface area contributed by atoms with E-state index in [1.54, 1.807) is 10.6 Å². The second-order valence-electron chi connectivity index (χ2n) is 5.78. The van der Waals surface area contributed by atoms with Crippen LogP contribution in [0.25, 0.3) is 0 Å². The van der Waals surface area contributed by atoms with Crippen LogP contribution in [0.1, 0.15) is 24.6 Å². The van der Waals surface area contributed by atoms with Gasteiger partial charge in [-0.1, -0.05) is 48.5 Å². The van der Waals surface area contributed by atoms with E-state index in [0.29, 0.717) is 29.0 Å². The molecule has 0 bridgehead atoms. The lowest BCUT2D eigenvalue weighted by Gasteiger charge is -2.11. The van der Waals surface area contributed by atoms with Crippen molar-refractivity contribution in [3.8, 4) is 0 Å². The summed E-state index contributed by atoms with van der Waals surface area (Å²) in [4.78, 5) is 28.3. The molecule has 1 aromatic heterocycles. The lowest BCUT2D eigenvalue weighted by molar-refractivity contribution is -0.122. The predicted molar refractivity (Wildman–Crippen MR) is 105 cm³/mol. The zero-order valence-corrected chi connectivity index (χ0v) is 16.6. The highest BCUT2D eigenvalue weighted by Gasteiger charge is 2.15. The summed E-state index contributed by atoms with van der Waals surface area (Å²) in [5.74, 6) is -0.187. The number of carbonyl (C=O) groups is 2. The highest BCUT2D eigenvalue weighted by Crippen LogP contribution is 2.19. The average molecular weight is 411 g/mol. The van der Waals surface area contributed by atoms with Gasteiger partial charge in [0, 0.05) is 18.1 Å². The maximum Gasteiger partial charge on any atom is 0.240 e. The maximum atomic E-state index is 12.1. The molecule has 1 heterocycles. The zero-order valence-electron chi connectivity index (χ0n) is 15.1. The van der Waals surface area contributed by atoms with E-state index in [1.807, 2.05) is 25.1 Å². The van der Waals surface area contributed by atoms with Gasteiger partial charge in [-0.05, 0) is 18.1 Å². The van der Waals surface area contributed by atoms with Gasteiger partial charge in [0.2, 0.25) is 11.8 Å². The Labute approximate surface area is 167 Å². The first kappa shape index (κ1) is 21.3. The third-order valence-corrected chi connectivity index (χ3v) is 5.06. The molecule has 2 rings (SSSR count). The second kappa shape index (κ2) is 11.0. The molecule has 0 fully saturated rings. The predicted octanol–water partition coefficient (Wildman–Crippen LogP) is 1.96. The molecule has 0 radical (unpaired) electrons. The minimum Gasteiger partial charge on any atom is -0.390 e. The van der Waals surface area contributed by atoms with E-state index in [-0.39, 0.29) is 30.7 Å². The Hall–Kier alpha value is -2.03. The first-order valence-corrected chi connectivity index (χ1v) is 9.96. The third kappa shape index (κ3) is 6.57. The molecule has 2 aromatic rings.